The molecule has 8 nitrogen and oxygen atoms in total. The van der Waals surface area contributed by atoms with Gasteiger partial charge in [-0.05, 0) is 62.4 Å². The highest BCUT2D eigenvalue weighted by molar-refractivity contribution is 6.08. The van der Waals surface area contributed by atoms with Gasteiger partial charge >= 0.3 is 6.03 Å². The Kier molecular flexibility index (Phi) is 5.27. The van der Waals surface area contributed by atoms with Gasteiger partial charge in [-0.2, -0.15) is 0 Å². The van der Waals surface area contributed by atoms with Crippen molar-refractivity contribution in [2.24, 2.45) is 0 Å². The molecule has 1 saturated heterocycles. The van der Waals surface area contributed by atoms with Crippen molar-refractivity contribution in [1.82, 2.24) is 20.1 Å². The number of carbonyl (C=O) groups is 2. The second-order valence-corrected chi connectivity index (χ2v) is 10.2. The molecule has 4 aliphatic rings. The monoisotopic (exact) mass is 476 g/mol. The number of aromatic amines is 1. The topological polar surface area (TPSA) is 97.9 Å². The van der Waals surface area contributed by atoms with Crippen molar-refractivity contribution in [1.29, 1.82) is 0 Å². The quantitative estimate of drug-likeness (QED) is 0.533. The number of aromatic nitrogens is 1. The van der Waals surface area contributed by atoms with Gasteiger partial charge in [-0.1, -0.05) is 18.2 Å². The maximum Gasteiger partial charge on any atom is 0.328 e. The van der Waals surface area contributed by atoms with E-state index in [4.69, 9.17) is 4.74 Å². The van der Waals surface area contributed by atoms with Crippen LogP contribution in [0.5, 0.6) is 5.75 Å². The first-order valence-corrected chi connectivity index (χ1v) is 12.6. The Hall–Kier alpha value is -3.10. The second-order valence-electron chi connectivity index (χ2n) is 10.2. The van der Waals surface area contributed by atoms with Crippen LogP contribution in [-0.4, -0.2) is 69.2 Å². The number of nitrogens with zero attached hydrogens (tertiary/aromatic N) is 2. The van der Waals surface area contributed by atoms with Crippen LogP contribution in [0.3, 0.4) is 0 Å². The van der Waals surface area contributed by atoms with Crippen LogP contribution in [0.25, 0.3) is 10.9 Å². The van der Waals surface area contributed by atoms with Gasteiger partial charge in [-0.25, -0.2) is 4.79 Å². The summed E-state index contributed by atoms with van der Waals surface area (Å²) < 4.78 is 5.75. The molecule has 184 valence electrons. The Morgan fingerprint density at radius 3 is 2.86 bits per heavy atom. The fourth-order valence-corrected chi connectivity index (χ4v) is 5.83. The number of aliphatic hydroxyl groups excluding tert-OH is 1. The lowest BCUT2D eigenvalue weighted by Crippen LogP contribution is -2.53. The summed E-state index contributed by atoms with van der Waals surface area (Å²) >= 11 is 0. The van der Waals surface area contributed by atoms with E-state index in [0.29, 0.717) is 38.6 Å². The zero-order valence-electron chi connectivity index (χ0n) is 20.2. The average molecular weight is 477 g/mol. The molecule has 3 amide bonds. The summed E-state index contributed by atoms with van der Waals surface area (Å²) in [5.74, 6) is 0.617. The lowest BCUT2D eigenvalue weighted by molar-refractivity contribution is -0.133. The molecule has 1 aromatic carbocycles. The Balaban J connectivity index is 1.46. The molecular weight excluding hydrogens is 444 g/mol. The number of nitrogens with one attached hydrogen (secondary N) is 2. The molecule has 35 heavy (non-hydrogen) atoms. The first-order valence-electron chi connectivity index (χ1n) is 12.6. The molecule has 2 aliphatic carbocycles. The van der Waals surface area contributed by atoms with Gasteiger partial charge in [0, 0.05) is 42.1 Å². The van der Waals surface area contributed by atoms with Crippen LogP contribution in [0.15, 0.2) is 42.0 Å². The fraction of sp³-hybridized carbons (Fsp3) is 0.481. The Labute approximate surface area is 204 Å². The van der Waals surface area contributed by atoms with Gasteiger partial charge in [-0.15, -0.1) is 0 Å². The van der Waals surface area contributed by atoms with E-state index in [1.807, 2.05) is 50.3 Å². The number of benzene rings is 1. The molecular formula is C27H32N4O4. The number of urea groups is 1. The summed E-state index contributed by atoms with van der Waals surface area (Å²) in [5.41, 5.74) is 2.68. The molecule has 1 aromatic heterocycles. The van der Waals surface area contributed by atoms with Gasteiger partial charge in [0.05, 0.1) is 12.7 Å². The van der Waals surface area contributed by atoms with E-state index < -0.39 is 17.7 Å². The smallest absolute Gasteiger partial charge is 0.328 e. The number of ether oxygens (including phenoxy) is 1. The van der Waals surface area contributed by atoms with Crippen molar-refractivity contribution in [2.45, 2.75) is 63.3 Å². The number of hydrogen-bond acceptors (Lipinski definition) is 5. The molecule has 0 spiro atoms. The zero-order chi connectivity index (χ0) is 24.3. The summed E-state index contributed by atoms with van der Waals surface area (Å²) in [6, 6.07) is 5.69. The van der Waals surface area contributed by atoms with E-state index in [9.17, 15) is 14.7 Å². The van der Waals surface area contributed by atoms with E-state index in [1.165, 1.54) is 4.90 Å². The number of carbonyl (C=O) groups excluding carboxylic acids is 2. The van der Waals surface area contributed by atoms with Crippen molar-refractivity contribution >= 4 is 22.8 Å². The van der Waals surface area contributed by atoms with Crippen LogP contribution in [0.4, 0.5) is 4.79 Å². The minimum Gasteiger partial charge on any atom is -0.494 e. The highest BCUT2D eigenvalue weighted by Crippen LogP contribution is 2.49. The SMILES string of the molecule is CCOc1ccc2[nH]c3c(c2c1)C[C@@]1(C)C(=O)N(CCNC2CC2)C(=O)N1[C@@H]3C1=CC(O)CC=C1. The third-order valence-electron chi connectivity index (χ3n) is 7.68. The van der Waals surface area contributed by atoms with Crippen molar-refractivity contribution in [3.63, 3.8) is 0 Å². The van der Waals surface area contributed by atoms with E-state index in [1.54, 1.807) is 4.90 Å². The van der Waals surface area contributed by atoms with Crippen LogP contribution in [0.2, 0.25) is 0 Å². The summed E-state index contributed by atoms with van der Waals surface area (Å²) in [7, 11) is 0. The lowest BCUT2D eigenvalue weighted by Gasteiger charge is -2.43. The largest absolute Gasteiger partial charge is 0.494 e. The maximum absolute atomic E-state index is 13.8. The summed E-state index contributed by atoms with van der Waals surface area (Å²) in [6.45, 7) is 5.36. The van der Waals surface area contributed by atoms with E-state index in [-0.39, 0.29) is 11.9 Å². The van der Waals surface area contributed by atoms with Crippen LogP contribution in [0, 0.1) is 0 Å². The molecule has 2 aliphatic heterocycles. The Morgan fingerprint density at radius 2 is 2.11 bits per heavy atom. The summed E-state index contributed by atoms with van der Waals surface area (Å²) in [6.07, 6.45) is 8.37. The molecule has 3 heterocycles. The molecule has 0 radical (unpaired) electrons. The van der Waals surface area contributed by atoms with Crippen molar-refractivity contribution in [2.75, 3.05) is 19.7 Å². The molecule has 3 N–H and O–H groups in total. The number of fused-ring (bicyclic) bond motifs is 4. The van der Waals surface area contributed by atoms with Crippen LogP contribution in [-0.2, 0) is 11.2 Å². The molecule has 6 rings (SSSR count). The molecule has 2 aromatic rings. The average Bonchev–Trinajstić information content (AvgIpc) is 3.57. The highest BCUT2D eigenvalue weighted by atomic mass is 16.5. The third kappa shape index (κ3) is 3.58. The molecule has 1 unspecified atom stereocenters. The first-order chi connectivity index (χ1) is 16.9. The van der Waals surface area contributed by atoms with Crippen LogP contribution in [0.1, 0.15) is 50.4 Å². The van der Waals surface area contributed by atoms with Gasteiger partial charge in [0.25, 0.3) is 5.91 Å². The predicted octanol–water partition coefficient (Wildman–Crippen LogP) is 3.19. The predicted molar refractivity (Wildman–Crippen MR) is 132 cm³/mol. The van der Waals surface area contributed by atoms with E-state index in [0.717, 1.165) is 46.3 Å². The van der Waals surface area contributed by atoms with Crippen molar-refractivity contribution < 1.29 is 19.4 Å². The molecule has 2 fully saturated rings. The van der Waals surface area contributed by atoms with Crippen LogP contribution < -0.4 is 10.1 Å². The van der Waals surface area contributed by atoms with Gasteiger partial charge in [0.1, 0.15) is 17.3 Å². The van der Waals surface area contributed by atoms with Gasteiger partial charge in [0.2, 0.25) is 0 Å². The molecule has 8 heteroatoms. The van der Waals surface area contributed by atoms with Crippen molar-refractivity contribution in [3.05, 3.63) is 53.3 Å². The maximum atomic E-state index is 13.8. The normalized spacial score (nSPS) is 27.9. The number of imide groups is 1. The van der Waals surface area contributed by atoms with Crippen LogP contribution >= 0.6 is 0 Å². The van der Waals surface area contributed by atoms with Gasteiger partial charge < -0.3 is 20.1 Å². The highest BCUT2D eigenvalue weighted by Gasteiger charge is 2.60. The molecule has 1 saturated carbocycles. The van der Waals surface area contributed by atoms with E-state index in [2.05, 4.69) is 10.3 Å². The number of H-pyrrole nitrogens is 1. The third-order valence-corrected chi connectivity index (χ3v) is 7.68. The summed E-state index contributed by atoms with van der Waals surface area (Å²) in [5, 5.41) is 14.8. The Bertz CT molecular complexity index is 1260. The number of rotatable bonds is 7. The zero-order valence-corrected chi connectivity index (χ0v) is 20.2. The first kappa shape index (κ1) is 22.4. The lowest BCUT2D eigenvalue weighted by atomic mass is 9.80. The standard InChI is InChI=1S/C27H32N4O4/c1-3-35-19-9-10-22-20(14-19)21-15-27(2)25(33)30(12-11-28-17-7-8-17)26(34)31(27)24(23(21)29-22)16-5-4-6-18(32)13-16/h4-5,9-10,13-14,17-18,24,28-29,32H,3,6-8,11-12,15H2,1-2H3/t18?,24-,27+/m1/s1. The van der Waals surface area contributed by atoms with Crippen molar-refractivity contribution in [3.8, 4) is 5.75 Å². The van der Waals surface area contributed by atoms with E-state index >= 15 is 0 Å². The number of aliphatic hydroxyl groups is 1. The van der Waals surface area contributed by atoms with Gasteiger partial charge in [-0.3, -0.25) is 14.6 Å². The minimum atomic E-state index is -1.01. The minimum absolute atomic E-state index is 0.160. The van der Waals surface area contributed by atoms with Gasteiger partial charge in [0.15, 0.2) is 0 Å². The second kappa shape index (κ2) is 8.24. The Morgan fingerprint density at radius 1 is 1.29 bits per heavy atom. The summed E-state index contributed by atoms with van der Waals surface area (Å²) in [4.78, 5) is 34.3. The fourth-order valence-electron chi connectivity index (χ4n) is 5.83. The number of hydrogen-bond donors (Lipinski definition) is 3. The molecule has 0 bridgehead atoms. The molecule has 3 atom stereocenters. The number of amides is 3.